The van der Waals surface area contributed by atoms with Crippen LogP contribution in [0.1, 0.15) is 46.5 Å². The Morgan fingerprint density at radius 2 is 1.68 bits per heavy atom. The van der Waals surface area contributed by atoms with E-state index in [-0.39, 0.29) is 4.90 Å². The van der Waals surface area contributed by atoms with Gasteiger partial charge >= 0.3 is 0 Å². The Bertz CT molecular complexity index is 1560. The van der Waals surface area contributed by atoms with E-state index < -0.39 is 25.6 Å². The Kier molecular flexibility index (Phi) is 6.60. The largest absolute Gasteiger partial charge is 0.371 e. The van der Waals surface area contributed by atoms with E-state index in [1.165, 1.54) is 12.8 Å². The summed E-state index contributed by atoms with van der Waals surface area (Å²) in [5, 5.41) is 0. The SMILES string of the molecule is CC(C)(C)NS(=O)(=O)c1cccc(-c2cnc(-c3ccc(NS(C)(=O)=O)cc3N3CCC4(CC3)CC4)[nH]2)c1. The van der Waals surface area contributed by atoms with Crippen molar-refractivity contribution in [3.8, 4) is 22.6 Å². The molecular formula is C27H35N5O4S2. The van der Waals surface area contributed by atoms with Crippen LogP contribution in [-0.4, -0.2) is 51.7 Å². The molecule has 3 N–H and O–H groups in total. The molecule has 2 fully saturated rings. The molecule has 1 aromatic heterocycles. The standard InChI is InChI=1S/C27H35N5O4S2/c1-26(2,3)31-38(35,36)21-7-5-6-19(16-21)23-18-28-25(29-23)22-9-8-20(30-37(4,33)34)17-24(22)32-14-12-27(10-11-27)13-15-32/h5-9,16-18,30-31H,10-15H2,1-4H3,(H,28,29). The summed E-state index contributed by atoms with van der Waals surface area (Å²) >= 11 is 0. The topological polar surface area (TPSA) is 124 Å². The molecule has 0 radical (unpaired) electrons. The Morgan fingerprint density at radius 1 is 0.974 bits per heavy atom. The molecule has 5 rings (SSSR count). The average Bonchev–Trinajstić information content (AvgIpc) is 3.38. The summed E-state index contributed by atoms with van der Waals surface area (Å²) in [4.78, 5) is 10.5. The van der Waals surface area contributed by atoms with Crippen LogP contribution in [0.25, 0.3) is 22.6 Å². The van der Waals surface area contributed by atoms with E-state index in [4.69, 9.17) is 0 Å². The monoisotopic (exact) mass is 557 g/mol. The number of hydrogen-bond donors (Lipinski definition) is 3. The van der Waals surface area contributed by atoms with Gasteiger partial charge in [0.25, 0.3) is 0 Å². The zero-order valence-electron chi connectivity index (χ0n) is 22.2. The lowest BCUT2D eigenvalue weighted by molar-refractivity contribution is 0.384. The number of rotatable bonds is 7. The van der Waals surface area contributed by atoms with E-state index in [1.807, 2.05) is 18.2 Å². The fourth-order valence-electron chi connectivity index (χ4n) is 5.07. The number of anilines is 2. The zero-order valence-corrected chi connectivity index (χ0v) is 23.8. The molecular weight excluding hydrogens is 522 g/mol. The molecule has 3 aromatic rings. The number of aromatic amines is 1. The van der Waals surface area contributed by atoms with Gasteiger partial charge in [0.2, 0.25) is 20.0 Å². The highest BCUT2D eigenvalue weighted by Gasteiger charge is 2.44. The van der Waals surface area contributed by atoms with Crippen LogP contribution in [0.5, 0.6) is 0 Å². The van der Waals surface area contributed by atoms with Crippen LogP contribution in [0.2, 0.25) is 0 Å². The predicted molar refractivity (Wildman–Crippen MR) is 151 cm³/mol. The second kappa shape index (κ2) is 9.39. The first-order chi connectivity index (χ1) is 17.7. The summed E-state index contributed by atoms with van der Waals surface area (Å²) in [6, 6.07) is 12.2. The summed E-state index contributed by atoms with van der Waals surface area (Å²) in [7, 11) is -7.10. The lowest BCUT2D eigenvalue weighted by atomic mass is 9.93. The van der Waals surface area contributed by atoms with E-state index in [0.29, 0.717) is 28.2 Å². The number of nitrogens with zero attached hydrogens (tertiary/aromatic N) is 2. The Labute approximate surface area is 225 Å². The lowest BCUT2D eigenvalue weighted by Crippen LogP contribution is -2.40. The van der Waals surface area contributed by atoms with Gasteiger partial charge in [0, 0.05) is 35.4 Å². The van der Waals surface area contributed by atoms with Crippen LogP contribution in [0.3, 0.4) is 0 Å². The molecule has 2 heterocycles. The fraction of sp³-hybridized carbons (Fsp3) is 0.444. The first-order valence-electron chi connectivity index (χ1n) is 12.8. The number of aromatic nitrogens is 2. The third kappa shape index (κ3) is 6.05. The zero-order chi connectivity index (χ0) is 27.3. The quantitative estimate of drug-likeness (QED) is 0.391. The summed E-state index contributed by atoms with van der Waals surface area (Å²) in [6.45, 7) is 7.22. The van der Waals surface area contributed by atoms with Gasteiger partial charge in [-0.25, -0.2) is 26.5 Å². The molecule has 0 bridgehead atoms. The molecule has 204 valence electrons. The van der Waals surface area contributed by atoms with E-state index in [2.05, 4.69) is 24.3 Å². The van der Waals surface area contributed by atoms with Gasteiger partial charge in [-0.05, 0) is 82.2 Å². The minimum absolute atomic E-state index is 0.181. The average molecular weight is 558 g/mol. The fourth-order valence-corrected chi connectivity index (χ4v) is 7.09. The molecule has 1 saturated heterocycles. The van der Waals surface area contributed by atoms with E-state index >= 15 is 0 Å². The van der Waals surface area contributed by atoms with Gasteiger partial charge in [0.1, 0.15) is 5.82 Å². The smallest absolute Gasteiger partial charge is 0.241 e. The van der Waals surface area contributed by atoms with Gasteiger partial charge in [-0.2, -0.15) is 0 Å². The Hall–Kier alpha value is -2.89. The second-order valence-corrected chi connectivity index (χ2v) is 15.1. The lowest BCUT2D eigenvalue weighted by Gasteiger charge is -2.35. The highest BCUT2D eigenvalue weighted by Crippen LogP contribution is 2.54. The first kappa shape index (κ1) is 26.7. The predicted octanol–water partition coefficient (Wildman–Crippen LogP) is 4.57. The number of benzene rings is 2. The second-order valence-electron chi connectivity index (χ2n) is 11.6. The molecule has 1 aliphatic heterocycles. The van der Waals surface area contributed by atoms with E-state index in [9.17, 15) is 16.8 Å². The van der Waals surface area contributed by atoms with Crippen molar-refractivity contribution in [2.75, 3.05) is 29.0 Å². The van der Waals surface area contributed by atoms with Crippen molar-refractivity contribution in [2.45, 2.75) is 56.9 Å². The van der Waals surface area contributed by atoms with Crippen LogP contribution in [0.15, 0.2) is 53.6 Å². The third-order valence-corrected chi connectivity index (χ3v) is 9.51. The normalized spacial score (nSPS) is 17.5. The summed E-state index contributed by atoms with van der Waals surface area (Å²) in [5.41, 5.74) is 3.58. The molecule has 9 nitrogen and oxygen atoms in total. The molecule has 2 aromatic carbocycles. The van der Waals surface area contributed by atoms with Crippen molar-refractivity contribution < 1.29 is 16.8 Å². The summed E-state index contributed by atoms with van der Waals surface area (Å²) in [5.74, 6) is 0.633. The maximum atomic E-state index is 12.9. The Morgan fingerprint density at radius 3 is 2.32 bits per heavy atom. The molecule has 0 unspecified atom stereocenters. The van der Waals surface area contributed by atoms with E-state index in [1.54, 1.807) is 51.2 Å². The van der Waals surface area contributed by atoms with Gasteiger partial charge in [0.05, 0.1) is 28.7 Å². The van der Waals surface area contributed by atoms with Crippen molar-refractivity contribution in [1.82, 2.24) is 14.7 Å². The van der Waals surface area contributed by atoms with Gasteiger partial charge in [0.15, 0.2) is 0 Å². The van der Waals surface area contributed by atoms with Crippen LogP contribution in [0.4, 0.5) is 11.4 Å². The van der Waals surface area contributed by atoms with Crippen molar-refractivity contribution in [3.63, 3.8) is 0 Å². The number of sulfonamides is 2. The van der Waals surface area contributed by atoms with Crippen LogP contribution in [-0.2, 0) is 20.0 Å². The van der Waals surface area contributed by atoms with Gasteiger partial charge in [-0.3, -0.25) is 4.72 Å². The molecule has 1 saturated carbocycles. The maximum absolute atomic E-state index is 12.9. The van der Waals surface area contributed by atoms with Crippen molar-refractivity contribution in [2.24, 2.45) is 5.41 Å². The van der Waals surface area contributed by atoms with Crippen LogP contribution < -0.4 is 14.3 Å². The number of imidazole rings is 1. The van der Waals surface area contributed by atoms with Gasteiger partial charge in [-0.15, -0.1) is 0 Å². The maximum Gasteiger partial charge on any atom is 0.241 e. The number of piperidine rings is 1. The van der Waals surface area contributed by atoms with Crippen LogP contribution in [0, 0.1) is 5.41 Å². The molecule has 1 aliphatic carbocycles. The summed E-state index contributed by atoms with van der Waals surface area (Å²) in [6.07, 6.45) is 7.69. The summed E-state index contributed by atoms with van der Waals surface area (Å²) < 4.78 is 54.8. The third-order valence-electron chi connectivity index (χ3n) is 7.15. The first-order valence-corrected chi connectivity index (χ1v) is 16.2. The minimum atomic E-state index is -3.69. The molecule has 38 heavy (non-hydrogen) atoms. The highest BCUT2D eigenvalue weighted by atomic mass is 32.2. The van der Waals surface area contributed by atoms with Crippen molar-refractivity contribution >= 4 is 31.4 Å². The van der Waals surface area contributed by atoms with Gasteiger partial charge < -0.3 is 9.88 Å². The van der Waals surface area contributed by atoms with Crippen LogP contribution >= 0.6 is 0 Å². The minimum Gasteiger partial charge on any atom is -0.371 e. The number of nitrogens with one attached hydrogen (secondary N) is 3. The molecule has 2 aliphatic rings. The van der Waals surface area contributed by atoms with Gasteiger partial charge in [-0.1, -0.05) is 12.1 Å². The Balaban J connectivity index is 1.48. The number of H-pyrrole nitrogens is 1. The highest BCUT2D eigenvalue weighted by molar-refractivity contribution is 7.92. The molecule has 11 heteroatoms. The van der Waals surface area contributed by atoms with Crippen molar-refractivity contribution in [3.05, 3.63) is 48.7 Å². The number of hydrogen-bond acceptors (Lipinski definition) is 6. The van der Waals surface area contributed by atoms with E-state index in [0.717, 1.165) is 43.4 Å². The molecule has 0 atom stereocenters. The molecule has 0 amide bonds. The molecule has 1 spiro atoms. The van der Waals surface area contributed by atoms with Crippen molar-refractivity contribution in [1.29, 1.82) is 0 Å².